The first-order valence-corrected chi connectivity index (χ1v) is 10.4. The lowest BCUT2D eigenvalue weighted by Gasteiger charge is -2.40. The number of carbonyl (C=O) groups excluding carboxylic acids is 1. The van der Waals surface area contributed by atoms with E-state index < -0.39 is 0 Å². The SMILES string of the molecule is CCCCC[C@H](O)CCC1[C@H](O)C[C@]2(C)Cc3c(C=O)cccc3C[C@H]12. The van der Waals surface area contributed by atoms with Gasteiger partial charge in [-0.05, 0) is 66.9 Å². The molecule has 1 fully saturated rings. The Morgan fingerprint density at radius 2 is 2.12 bits per heavy atom. The predicted octanol–water partition coefficient (Wildman–Crippen LogP) is 4.32. The van der Waals surface area contributed by atoms with E-state index in [1.807, 2.05) is 12.1 Å². The molecule has 3 heteroatoms. The fourth-order valence-electron chi connectivity index (χ4n) is 5.53. The molecule has 0 spiro atoms. The number of hydrogen-bond acceptors (Lipinski definition) is 3. The summed E-state index contributed by atoms with van der Waals surface area (Å²) in [7, 11) is 0. The molecular weight excluding hydrogens is 324 g/mol. The Balaban J connectivity index is 1.69. The highest BCUT2D eigenvalue weighted by molar-refractivity contribution is 5.78. The third-order valence-corrected chi connectivity index (χ3v) is 7.01. The molecular formula is C23H34O3. The molecule has 2 aliphatic carbocycles. The van der Waals surface area contributed by atoms with E-state index in [1.54, 1.807) is 0 Å². The minimum absolute atomic E-state index is 0.0589. The summed E-state index contributed by atoms with van der Waals surface area (Å²) in [6.07, 6.45) is 9.10. The summed E-state index contributed by atoms with van der Waals surface area (Å²) < 4.78 is 0. The fraction of sp³-hybridized carbons (Fsp3) is 0.696. The predicted molar refractivity (Wildman–Crippen MR) is 104 cm³/mol. The lowest BCUT2D eigenvalue weighted by molar-refractivity contribution is 0.0852. The Bertz CT molecular complexity index is 626. The molecule has 144 valence electrons. The Morgan fingerprint density at radius 1 is 1.31 bits per heavy atom. The van der Waals surface area contributed by atoms with E-state index in [2.05, 4.69) is 19.9 Å². The Kier molecular flexibility index (Phi) is 6.19. The van der Waals surface area contributed by atoms with Crippen molar-refractivity contribution < 1.29 is 15.0 Å². The van der Waals surface area contributed by atoms with Gasteiger partial charge in [-0.25, -0.2) is 0 Å². The summed E-state index contributed by atoms with van der Waals surface area (Å²) in [6.45, 7) is 4.46. The van der Waals surface area contributed by atoms with E-state index >= 15 is 0 Å². The van der Waals surface area contributed by atoms with E-state index in [0.29, 0.717) is 5.92 Å². The van der Waals surface area contributed by atoms with Crippen LogP contribution in [-0.2, 0) is 12.8 Å². The average molecular weight is 359 g/mol. The molecule has 0 saturated heterocycles. The highest BCUT2D eigenvalue weighted by atomic mass is 16.3. The number of hydrogen-bond donors (Lipinski definition) is 2. The van der Waals surface area contributed by atoms with Crippen molar-refractivity contribution in [3.8, 4) is 0 Å². The van der Waals surface area contributed by atoms with Crippen LogP contribution in [0.25, 0.3) is 0 Å². The lowest BCUT2D eigenvalue weighted by atomic mass is 9.64. The molecule has 0 heterocycles. The molecule has 1 aromatic rings. The van der Waals surface area contributed by atoms with Gasteiger partial charge in [-0.3, -0.25) is 4.79 Å². The number of aliphatic hydroxyl groups excluding tert-OH is 2. The highest BCUT2D eigenvalue weighted by Gasteiger charge is 2.51. The van der Waals surface area contributed by atoms with Crippen molar-refractivity contribution in [3.05, 3.63) is 34.9 Å². The average Bonchev–Trinajstić information content (AvgIpc) is 2.86. The van der Waals surface area contributed by atoms with E-state index in [-0.39, 0.29) is 23.5 Å². The maximum absolute atomic E-state index is 11.4. The summed E-state index contributed by atoms with van der Waals surface area (Å²) in [5, 5.41) is 21.1. The van der Waals surface area contributed by atoms with Crippen molar-refractivity contribution in [2.45, 2.75) is 83.8 Å². The molecule has 3 rings (SSSR count). The maximum atomic E-state index is 11.4. The van der Waals surface area contributed by atoms with E-state index in [1.165, 1.54) is 24.0 Å². The van der Waals surface area contributed by atoms with E-state index in [9.17, 15) is 15.0 Å². The fourth-order valence-corrected chi connectivity index (χ4v) is 5.53. The van der Waals surface area contributed by atoms with Gasteiger partial charge in [0.1, 0.15) is 6.29 Å². The molecule has 26 heavy (non-hydrogen) atoms. The van der Waals surface area contributed by atoms with Gasteiger partial charge in [-0.2, -0.15) is 0 Å². The van der Waals surface area contributed by atoms with Gasteiger partial charge < -0.3 is 10.2 Å². The van der Waals surface area contributed by atoms with Crippen molar-refractivity contribution in [2.24, 2.45) is 17.3 Å². The standard InChI is InChI=1S/C23H34O3/c1-3-4-5-9-18(25)10-11-19-21-12-16-7-6-8-17(15-24)20(16)13-23(21,2)14-22(19)26/h6-8,15,18-19,21-22,25-26H,3-5,9-14H2,1-2H3/t18-,19?,21+,22+,23-/m0/s1. The third-order valence-electron chi connectivity index (χ3n) is 7.01. The van der Waals surface area contributed by atoms with Crippen molar-refractivity contribution in [1.82, 2.24) is 0 Å². The first-order valence-electron chi connectivity index (χ1n) is 10.4. The van der Waals surface area contributed by atoms with Crippen LogP contribution in [0, 0.1) is 17.3 Å². The second-order valence-electron chi connectivity index (χ2n) is 8.91. The number of fused-ring (bicyclic) bond motifs is 2. The molecule has 0 bridgehead atoms. The monoisotopic (exact) mass is 358 g/mol. The molecule has 5 atom stereocenters. The van der Waals surface area contributed by atoms with Gasteiger partial charge in [-0.15, -0.1) is 0 Å². The number of aliphatic hydroxyl groups is 2. The summed E-state index contributed by atoms with van der Waals surface area (Å²) in [5.74, 6) is 0.698. The summed E-state index contributed by atoms with van der Waals surface area (Å²) in [6, 6.07) is 6.03. The zero-order valence-corrected chi connectivity index (χ0v) is 16.3. The number of aldehydes is 1. The van der Waals surface area contributed by atoms with Crippen LogP contribution in [0.1, 0.15) is 80.3 Å². The van der Waals surface area contributed by atoms with Crippen LogP contribution >= 0.6 is 0 Å². The molecule has 3 nitrogen and oxygen atoms in total. The van der Waals surface area contributed by atoms with Gasteiger partial charge in [0.15, 0.2) is 0 Å². The number of carbonyl (C=O) groups is 1. The quantitative estimate of drug-likeness (QED) is 0.537. The van der Waals surface area contributed by atoms with Crippen LogP contribution in [0.4, 0.5) is 0 Å². The van der Waals surface area contributed by atoms with E-state index in [4.69, 9.17) is 0 Å². The third kappa shape index (κ3) is 3.89. The highest BCUT2D eigenvalue weighted by Crippen LogP contribution is 2.55. The smallest absolute Gasteiger partial charge is 0.150 e. The summed E-state index contributed by atoms with van der Waals surface area (Å²) in [5.41, 5.74) is 3.34. The molecule has 1 unspecified atom stereocenters. The number of benzene rings is 1. The van der Waals surface area contributed by atoms with Crippen LogP contribution in [0.15, 0.2) is 18.2 Å². The zero-order chi connectivity index (χ0) is 18.7. The Labute approximate surface area is 157 Å². The maximum Gasteiger partial charge on any atom is 0.150 e. The van der Waals surface area contributed by atoms with Gasteiger partial charge in [0, 0.05) is 5.56 Å². The topological polar surface area (TPSA) is 57.5 Å². The Morgan fingerprint density at radius 3 is 2.85 bits per heavy atom. The first kappa shape index (κ1) is 19.6. The van der Waals surface area contributed by atoms with Crippen LogP contribution in [0.3, 0.4) is 0 Å². The minimum atomic E-state index is -0.290. The second-order valence-corrected chi connectivity index (χ2v) is 8.91. The molecule has 0 aliphatic heterocycles. The zero-order valence-electron chi connectivity index (χ0n) is 16.3. The van der Waals surface area contributed by atoms with Gasteiger partial charge >= 0.3 is 0 Å². The van der Waals surface area contributed by atoms with Gasteiger partial charge in [0.25, 0.3) is 0 Å². The van der Waals surface area contributed by atoms with Crippen LogP contribution in [0.5, 0.6) is 0 Å². The minimum Gasteiger partial charge on any atom is -0.393 e. The van der Waals surface area contributed by atoms with Crippen LogP contribution in [-0.4, -0.2) is 28.7 Å². The molecule has 0 amide bonds. The van der Waals surface area contributed by atoms with Crippen LogP contribution < -0.4 is 0 Å². The lowest BCUT2D eigenvalue weighted by Crippen LogP contribution is -2.35. The van der Waals surface area contributed by atoms with Crippen LogP contribution in [0.2, 0.25) is 0 Å². The van der Waals surface area contributed by atoms with Gasteiger partial charge in [0.2, 0.25) is 0 Å². The van der Waals surface area contributed by atoms with Crippen molar-refractivity contribution in [1.29, 1.82) is 0 Å². The number of unbranched alkanes of at least 4 members (excludes halogenated alkanes) is 2. The van der Waals surface area contributed by atoms with Crippen molar-refractivity contribution >= 4 is 6.29 Å². The Hall–Kier alpha value is -1.19. The molecule has 1 aromatic carbocycles. The first-order chi connectivity index (χ1) is 12.5. The normalized spacial score (nSPS) is 31.3. The molecule has 2 N–H and O–H groups in total. The molecule has 0 aromatic heterocycles. The largest absolute Gasteiger partial charge is 0.393 e. The van der Waals surface area contributed by atoms with Crippen molar-refractivity contribution in [2.75, 3.05) is 0 Å². The number of rotatable bonds is 8. The van der Waals surface area contributed by atoms with Gasteiger partial charge in [-0.1, -0.05) is 51.3 Å². The summed E-state index contributed by atoms with van der Waals surface area (Å²) >= 11 is 0. The second kappa shape index (κ2) is 8.22. The van der Waals surface area contributed by atoms with Crippen molar-refractivity contribution in [3.63, 3.8) is 0 Å². The summed E-state index contributed by atoms with van der Waals surface area (Å²) in [4.78, 5) is 11.4. The molecule has 0 radical (unpaired) electrons. The molecule has 1 saturated carbocycles. The van der Waals surface area contributed by atoms with E-state index in [0.717, 1.165) is 56.8 Å². The van der Waals surface area contributed by atoms with Gasteiger partial charge in [0.05, 0.1) is 12.2 Å². The molecule has 2 aliphatic rings.